The maximum atomic E-state index is 10.6. The van der Waals surface area contributed by atoms with Gasteiger partial charge in [-0.05, 0) is 18.5 Å². The first-order valence-electron chi connectivity index (χ1n) is 4.46. The van der Waals surface area contributed by atoms with Crippen molar-refractivity contribution < 1.29 is 19.6 Å². The standard InChI is InChI=1S/C9H12BNO4/c1-6-8(5-15-7(2)12)9(10(13)14)3-4-11-6/h3-4,13-14H,5H2,1-2H3. The number of esters is 1. The van der Waals surface area contributed by atoms with Gasteiger partial charge in [0.2, 0.25) is 0 Å². The molecule has 1 aromatic heterocycles. The molecule has 6 heteroatoms. The van der Waals surface area contributed by atoms with Crippen LogP contribution in [0.3, 0.4) is 0 Å². The molecule has 0 fully saturated rings. The normalized spacial score (nSPS) is 9.87. The molecule has 0 aliphatic rings. The molecule has 0 aromatic carbocycles. The van der Waals surface area contributed by atoms with Crippen molar-refractivity contribution in [3.63, 3.8) is 0 Å². The fourth-order valence-corrected chi connectivity index (χ4v) is 1.22. The monoisotopic (exact) mass is 209 g/mol. The van der Waals surface area contributed by atoms with Gasteiger partial charge in [0.1, 0.15) is 6.61 Å². The summed E-state index contributed by atoms with van der Waals surface area (Å²) in [4.78, 5) is 14.6. The van der Waals surface area contributed by atoms with Gasteiger partial charge in [-0.1, -0.05) is 0 Å². The molecule has 0 spiro atoms. The van der Waals surface area contributed by atoms with Gasteiger partial charge in [-0.3, -0.25) is 9.78 Å². The minimum atomic E-state index is -1.59. The molecule has 0 saturated carbocycles. The first-order chi connectivity index (χ1) is 7.02. The van der Waals surface area contributed by atoms with Gasteiger partial charge in [-0.25, -0.2) is 0 Å². The number of hydrogen-bond donors (Lipinski definition) is 2. The maximum absolute atomic E-state index is 10.6. The molecule has 80 valence electrons. The number of nitrogens with zero attached hydrogens (tertiary/aromatic N) is 1. The molecule has 0 bridgehead atoms. The number of aryl methyl sites for hydroxylation is 1. The summed E-state index contributed by atoms with van der Waals surface area (Å²) < 4.78 is 4.80. The van der Waals surface area contributed by atoms with E-state index >= 15 is 0 Å². The van der Waals surface area contributed by atoms with Crippen molar-refractivity contribution in [2.24, 2.45) is 0 Å². The molecule has 0 atom stereocenters. The van der Waals surface area contributed by atoms with Crippen LogP contribution in [0.5, 0.6) is 0 Å². The Morgan fingerprint density at radius 3 is 2.80 bits per heavy atom. The molecule has 0 amide bonds. The third-order valence-corrected chi connectivity index (χ3v) is 2.01. The Balaban J connectivity index is 2.97. The molecule has 2 N–H and O–H groups in total. The van der Waals surface area contributed by atoms with E-state index in [1.54, 1.807) is 6.92 Å². The third kappa shape index (κ3) is 3.04. The van der Waals surface area contributed by atoms with E-state index in [1.165, 1.54) is 19.2 Å². The molecule has 0 radical (unpaired) electrons. The molecule has 0 unspecified atom stereocenters. The second kappa shape index (κ2) is 4.90. The van der Waals surface area contributed by atoms with Crippen LogP contribution in [0.4, 0.5) is 0 Å². The molecule has 5 nitrogen and oxygen atoms in total. The van der Waals surface area contributed by atoms with E-state index < -0.39 is 13.1 Å². The minimum absolute atomic E-state index is 0.00194. The van der Waals surface area contributed by atoms with Crippen molar-refractivity contribution in [3.05, 3.63) is 23.5 Å². The van der Waals surface area contributed by atoms with Crippen molar-refractivity contribution in [1.29, 1.82) is 0 Å². The highest BCUT2D eigenvalue weighted by atomic mass is 16.5. The maximum Gasteiger partial charge on any atom is 0.488 e. The van der Waals surface area contributed by atoms with Gasteiger partial charge >= 0.3 is 13.1 Å². The summed E-state index contributed by atoms with van der Waals surface area (Å²) in [6, 6.07) is 1.48. The van der Waals surface area contributed by atoms with Crippen LogP contribution in [-0.4, -0.2) is 28.1 Å². The topological polar surface area (TPSA) is 79.7 Å². The number of rotatable bonds is 3. The molecule has 0 aliphatic carbocycles. The summed E-state index contributed by atoms with van der Waals surface area (Å²) in [5.74, 6) is -0.420. The highest BCUT2D eigenvalue weighted by Gasteiger charge is 2.18. The Morgan fingerprint density at radius 2 is 2.27 bits per heavy atom. The van der Waals surface area contributed by atoms with Crippen LogP contribution in [0.2, 0.25) is 0 Å². The zero-order valence-electron chi connectivity index (χ0n) is 8.60. The molecule has 1 rings (SSSR count). The first kappa shape index (κ1) is 11.7. The van der Waals surface area contributed by atoms with Crippen LogP contribution < -0.4 is 5.46 Å². The molecular weight excluding hydrogens is 197 g/mol. The summed E-state index contributed by atoms with van der Waals surface area (Å²) in [6.07, 6.45) is 1.47. The largest absolute Gasteiger partial charge is 0.488 e. The molecule has 1 heterocycles. The number of pyridine rings is 1. The van der Waals surface area contributed by atoms with Crippen LogP contribution in [-0.2, 0) is 16.1 Å². The molecule has 1 aromatic rings. The molecule has 0 saturated heterocycles. The summed E-state index contributed by atoms with van der Waals surface area (Å²) in [7, 11) is -1.59. The smallest absolute Gasteiger partial charge is 0.461 e. The number of hydrogen-bond acceptors (Lipinski definition) is 5. The Hall–Kier alpha value is -1.40. The lowest BCUT2D eigenvalue weighted by atomic mass is 9.77. The van der Waals surface area contributed by atoms with Gasteiger partial charge in [0, 0.05) is 24.4 Å². The van der Waals surface area contributed by atoms with Gasteiger partial charge in [0.05, 0.1) is 0 Å². The fourth-order valence-electron chi connectivity index (χ4n) is 1.22. The Bertz CT molecular complexity index is 367. The summed E-state index contributed by atoms with van der Waals surface area (Å²) in [5, 5.41) is 18.2. The van der Waals surface area contributed by atoms with E-state index in [4.69, 9.17) is 14.8 Å². The van der Waals surface area contributed by atoms with Crippen LogP contribution in [0, 0.1) is 6.92 Å². The third-order valence-electron chi connectivity index (χ3n) is 2.01. The van der Waals surface area contributed by atoms with E-state index in [0.717, 1.165) is 0 Å². The van der Waals surface area contributed by atoms with E-state index in [0.29, 0.717) is 16.7 Å². The van der Waals surface area contributed by atoms with E-state index in [-0.39, 0.29) is 6.61 Å². The predicted octanol–water partition coefficient (Wildman–Crippen LogP) is -0.867. The van der Waals surface area contributed by atoms with Gasteiger partial charge in [0.15, 0.2) is 0 Å². The van der Waals surface area contributed by atoms with Crippen molar-refractivity contribution in [2.75, 3.05) is 0 Å². The van der Waals surface area contributed by atoms with Crippen LogP contribution >= 0.6 is 0 Å². The lowest BCUT2D eigenvalue weighted by Gasteiger charge is -2.10. The van der Waals surface area contributed by atoms with E-state index in [2.05, 4.69) is 4.98 Å². The molecular formula is C9H12BNO4. The van der Waals surface area contributed by atoms with Crippen molar-refractivity contribution in [1.82, 2.24) is 4.98 Å². The predicted molar refractivity (Wildman–Crippen MR) is 54.3 cm³/mol. The average Bonchev–Trinajstić information content (AvgIpc) is 2.15. The Labute approximate surface area is 87.9 Å². The Morgan fingerprint density at radius 1 is 1.60 bits per heavy atom. The number of ether oxygens (including phenoxy) is 1. The second-order valence-electron chi connectivity index (χ2n) is 3.12. The first-order valence-corrected chi connectivity index (χ1v) is 4.46. The average molecular weight is 209 g/mol. The van der Waals surface area contributed by atoms with Gasteiger partial charge in [-0.2, -0.15) is 0 Å². The SMILES string of the molecule is CC(=O)OCc1c(B(O)O)ccnc1C. The lowest BCUT2D eigenvalue weighted by molar-refractivity contribution is -0.142. The Kier molecular flexibility index (Phi) is 3.82. The second-order valence-corrected chi connectivity index (χ2v) is 3.12. The van der Waals surface area contributed by atoms with E-state index in [9.17, 15) is 4.79 Å². The van der Waals surface area contributed by atoms with Crippen LogP contribution in [0.25, 0.3) is 0 Å². The zero-order valence-corrected chi connectivity index (χ0v) is 8.60. The summed E-state index contributed by atoms with van der Waals surface area (Å²) >= 11 is 0. The fraction of sp³-hybridized carbons (Fsp3) is 0.333. The van der Waals surface area contributed by atoms with Gasteiger partial charge in [0.25, 0.3) is 0 Å². The van der Waals surface area contributed by atoms with Crippen LogP contribution in [0.1, 0.15) is 18.2 Å². The van der Waals surface area contributed by atoms with Gasteiger partial charge in [-0.15, -0.1) is 0 Å². The molecule has 15 heavy (non-hydrogen) atoms. The lowest BCUT2D eigenvalue weighted by Crippen LogP contribution is -2.34. The zero-order chi connectivity index (χ0) is 11.4. The quantitative estimate of drug-likeness (QED) is 0.499. The molecule has 0 aliphatic heterocycles. The van der Waals surface area contributed by atoms with Gasteiger partial charge < -0.3 is 14.8 Å². The van der Waals surface area contributed by atoms with Crippen molar-refractivity contribution in [3.8, 4) is 0 Å². The number of carbonyl (C=O) groups excluding carboxylic acids is 1. The van der Waals surface area contributed by atoms with Crippen LogP contribution in [0.15, 0.2) is 12.3 Å². The summed E-state index contributed by atoms with van der Waals surface area (Å²) in [6.45, 7) is 3.01. The minimum Gasteiger partial charge on any atom is -0.461 e. The highest BCUT2D eigenvalue weighted by molar-refractivity contribution is 6.59. The number of carbonyl (C=O) groups is 1. The van der Waals surface area contributed by atoms with Crippen molar-refractivity contribution >= 4 is 18.6 Å². The summed E-state index contributed by atoms with van der Waals surface area (Å²) in [5.41, 5.74) is 1.45. The number of aromatic nitrogens is 1. The van der Waals surface area contributed by atoms with Crippen molar-refractivity contribution in [2.45, 2.75) is 20.5 Å². The van der Waals surface area contributed by atoms with E-state index in [1.807, 2.05) is 0 Å². The highest BCUT2D eigenvalue weighted by Crippen LogP contribution is 2.04.